The van der Waals surface area contributed by atoms with Crippen molar-refractivity contribution in [3.63, 3.8) is 0 Å². The number of fused-ring (bicyclic) bond motifs is 1. The number of piperazine rings is 1. The summed E-state index contributed by atoms with van der Waals surface area (Å²) >= 11 is 1.43. The standard InChI is InChI=1S/C17H24F3N3OS.ClH/c18-17(19,20)15(23-8-6-21-7-9-23)11-22-16(24)14-10-12-4-2-1-3-5-13(12)25-14;/h10,15,21H,1-9,11H2,(H,22,24);1H. The second-order valence-electron chi connectivity index (χ2n) is 6.67. The molecule has 1 fully saturated rings. The van der Waals surface area contributed by atoms with Gasteiger partial charge in [-0.25, -0.2) is 0 Å². The van der Waals surface area contributed by atoms with Crippen LogP contribution in [-0.4, -0.2) is 55.7 Å². The maximum absolute atomic E-state index is 13.4. The molecule has 1 saturated heterocycles. The van der Waals surface area contributed by atoms with Gasteiger partial charge in [-0.1, -0.05) is 6.42 Å². The van der Waals surface area contributed by atoms with Gasteiger partial charge in [-0.05, 0) is 37.3 Å². The first-order chi connectivity index (χ1) is 11.9. The van der Waals surface area contributed by atoms with Crippen LogP contribution in [0.2, 0.25) is 0 Å². The van der Waals surface area contributed by atoms with Gasteiger partial charge in [0.05, 0.1) is 4.88 Å². The summed E-state index contributed by atoms with van der Waals surface area (Å²) in [6, 6.07) is 0.241. The van der Waals surface area contributed by atoms with E-state index in [2.05, 4.69) is 10.6 Å². The quantitative estimate of drug-likeness (QED) is 0.748. The Kier molecular flexibility index (Phi) is 7.76. The van der Waals surface area contributed by atoms with Crippen LogP contribution < -0.4 is 10.6 Å². The number of amides is 1. The summed E-state index contributed by atoms with van der Waals surface area (Å²) in [7, 11) is 0. The first-order valence-electron chi connectivity index (χ1n) is 8.86. The minimum Gasteiger partial charge on any atom is -0.349 e. The number of halogens is 4. The van der Waals surface area contributed by atoms with Gasteiger partial charge in [0.15, 0.2) is 0 Å². The van der Waals surface area contributed by atoms with E-state index in [0.29, 0.717) is 31.1 Å². The van der Waals surface area contributed by atoms with Gasteiger partial charge >= 0.3 is 6.18 Å². The van der Waals surface area contributed by atoms with Gasteiger partial charge in [0.25, 0.3) is 5.91 Å². The van der Waals surface area contributed by atoms with E-state index in [1.807, 2.05) is 6.07 Å². The molecule has 1 aromatic rings. The molecule has 4 nitrogen and oxygen atoms in total. The molecule has 26 heavy (non-hydrogen) atoms. The molecule has 0 aromatic carbocycles. The van der Waals surface area contributed by atoms with Crippen LogP contribution in [0, 0.1) is 0 Å². The lowest BCUT2D eigenvalue weighted by Gasteiger charge is -2.35. The molecule has 1 atom stereocenters. The van der Waals surface area contributed by atoms with Crippen molar-refractivity contribution in [3.8, 4) is 0 Å². The van der Waals surface area contributed by atoms with Crippen LogP contribution in [0.25, 0.3) is 0 Å². The van der Waals surface area contributed by atoms with E-state index in [1.165, 1.54) is 33.1 Å². The molecule has 1 aliphatic carbocycles. The van der Waals surface area contributed by atoms with Crippen molar-refractivity contribution >= 4 is 29.7 Å². The van der Waals surface area contributed by atoms with Crippen molar-refractivity contribution in [2.75, 3.05) is 32.7 Å². The van der Waals surface area contributed by atoms with E-state index in [4.69, 9.17) is 0 Å². The first kappa shape index (κ1) is 21.5. The Bertz CT molecular complexity index is 579. The average molecular weight is 412 g/mol. The van der Waals surface area contributed by atoms with Crippen LogP contribution in [0.4, 0.5) is 13.2 Å². The number of aryl methyl sites for hydroxylation is 2. The molecule has 2 heterocycles. The fourth-order valence-electron chi connectivity index (χ4n) is 3.50. The molecule has 0 saturated carbocycles. The lowest BCUT2D eigenvalue weighted by atomic mass is 10.1. The van der Waals surface area contributed by atoms with Crippen molar-refractivity contribution in [1.29, 1.82) is 0 Å². The monoisotopic (exact) mass is 411 g/mol. The fraction of sp³-hybridized carbons (Fsp3) is 0.706. The second-order valence-corrected chi connectivity index (χ2v) is 7.81. The molecule has 0 radical (unpaired) electrons. The predicted molar refractivity (Wildman–Crippen MR) is 99.4 cm³/mol. The normalized spacial score (nSPS) is 19.8. The van der Waals surface area contributed by atoms with E-state index in [1.54, 1.807) is 0 Å². The summed E-state index contributed by atoms with van der Waals surface area (Å²) < 4.78 is 40.1. The molecule has 0 bridgehead atoms. The third kappa shape index (κ3) is 5.34. The molecule has 9 heteroatoms. The van der Waals surface area contributed by atoms with Gasteiger partial charge < -0.3 is 10.6 Å². The van der Waals surface area contributed by atoms with Gasteiger partial charge in [-0.15, -0.1) is 23.7 Å². The van der Waals surface area contributed by atoms with Crippen LogP contribution >= 0.6 is 23.7 Å². The van der Waals surface area contributed by atoms with Gasteiger partial charge in [0.1, 0.15) is 6.04 Å². The zero-order chi connectivity index (χ0) is 17.9. The molecule has 2 aliphatic rings. The maximum Gasteiger partial charge on any atom is 0.405 e. The third-order valence-corrected chi connectivity index (χ3v) is 6.13. The largest absolute Gasteiger partial charge is 0.405 e. The SMILES string of the molecule is Cl.O=C(NCC(N1CCNCC1)C(F)(F)F)c1cc2c(s1)CCCCC2. The smallest absolute Gasteiger partial charge is 0.349 e. The van der Waals surface area contributed by atoms with E-state index < -0.39 is 18.8 Å². The topological polar surface area (TPSA) is 44.4 Å². The fourth-order valence-corrected chi connectivity index (χ4v) is 4.67. The summed E-state index contributed by atoms with van der Waals surface area (Å²) in [6.45, 7) is 1.36. The van der Waals surface area contributed by atoms with E-state index in [-0.39, 0.29) is 18.3 Å². The van der Waals surface area contributed by atoms with Crippen molar-refractivity contribution in [2.45, 2.75) is 44.3 Å². The molecular formula is C17H25ClF3N3OS. The van der Waals surface area contributed by atoms with E-state index >= 15 is 0 Å². The summed E-state index contributed by atoms with van der Waals surface area (Å²) in [5.41, 5.74) is 1.20. The Morgan fingerprint density at radius 1 is 1.23 bits per heavy atom. The van der Waals surface area contributed by atoms with Crippen LogP contribution in [-0.2, 0) is 12.8 Å². The van der Waals surface area contributed by atoms with Gasteiger partial charge in [-0.3, -0.25) is 9.69 Å². The van der Waals surface area contributed by atoms with Crippen molar-refractivity contribution in [2.24, 2.45) is 0 Å². The van der Waals surface area contributed by atoms with Crippen molar-refractivity contribution in [1.82, 2.24) is 15.5 Å². The summed E-state index contributed by atoms with van der Waals surface area (Å²) in [4.78, 5) is 15.5. The minimum atomic E-state index is -4.35. The highest BCUT2D eigenvalue weighted by Crippen LogP contribution is 2.29. The van der Waals surface area contributed by atoms with Gasteiger partial charge in [-0.2, -0.15) is 13.2 Å². The van der Waals surface area contributed by atoms with E-state index in [0.717, 1.165) is 25.7 Å². The molecular weight excluding hydrogens is 387 g/mol. The number of nitrogens with zero attached hydrogens (tertiary/aromatic N) is 1. The molecule has 148 valence electrons. The number of carbonyl (C=O) groups is 1. The number of alkyl halides is 3. The number of hydrogen-bond acceptors (Lipinski definition) is 4. The lowest BCUT2D eigenvalue weighted by Crippen LogP contribution is -2.57. The Hall–Kier alpha value is -0.830. The zero-order valence-corrected chi connectivity index (χ0v) is 16.2. The minimum absolute atomic E-state index is 0. The highest BCUT2D eigenvalue weighted by atomic mass is 35.5. The Labute approximate surface area is 161 Å². The van der Waals surface area contributed by atoms with Gasteiger partial charge in [0, 0.05) is 37.6 Å². The predicted octanol–water partition coefficient (Wildman–Crippen LogP) is 3.00. The van der Waals surface area contributed by atoms with Crippen molar-refractivity contribution < 1.29 is 18.0 Å². The highest BCUT2D eigenvalue weighted by Gasteiger charge is 2.43. The molecule has 1 aliphatic heterocycles. The Morgan fingerprint density at radius 3 is 2.62 bits per heavy atom. The van der Waals surface area contributed by atoms with Crippen LogP contribution in [0.5, 0.6) is 0 Å². The first-order valence-corrected chi connectivity index (χ1v) is 9.68. The molecule has 1 amide bonds. The molecule has 3 rings (SSSR count). The second kappa shape index (κ2) is 9.39. The third-order valence-electron chi connectivity index (χ3n) is 4.90. The molecule has 0 spiro atoms. The number of carbonyl (C=O) groups excluding carboxylic acids is 1. The van der Waals surface area contributed by atoms with Crippen LogP contribution in [0.15, 0.2) is 6.07 Å². The average Bonchev–Trinajstić information content (AvgIpc) is 2.86. The van der Waals surface area contributed by atoms with Crippen LogP contribution in [0.3, 0.4) is 0 Å². The molecule has 1 unspecified atom stereocenters. The van der Waals surface area contributed by atoms with E-state index in [9.17, 15) is 18.0 Å². The number of thiophene rings is 1. The molecule has 2 N–H and O–H groups in total. The summed E-state index contributed by atoms with van der Waals surface area (Å²) in [5.74, 6) is -0.387. The molecule has 1 aromatic heterocycles. The van der Waals surface area contributed by atoms with Gasteiger partial charge in [0.2, 0.25) is 0 Å². The Morgan fingerprint density at radius 2 is 1.92 bits per heavy atom. The summed E-state index contributed by atoms with van der Waals surface area (Å²) in [5, 5.41) is 5.57. The van der Waals surface area contributed by atoms with Crippen molar-refractivity contribution in [3.05, 3.63) is 21.4 Å². The number of rotatable bonds is 4. The number of hydrogen-bond donors (Lipinski definition) is 2. The summed E-state index contributed by atoms with van der Waals surface area (Å²) in [6.07, 6.45) is 1.01. The maximum atomic E-state index is 13.4. The highest BCUT2D eigenvalue weighted by molar-refractivity contribution is 7.14. The Balaban J connectivity index is 0.00000243. The lowest BCUT2D eigenvalue weighted by molar-refractivity contribution is -0.183. The number of nitrogens with one attached hydrogen (secondary N) is 2. The van der Waals surface area contributed by atoms with Crippen LogP contribution in [0.1, 0.15) is 39.4 Å². The zero-order valence-electron chi connectivity index (χ0n) is 14.5.